The third-order valence-electron chi connectivity index (χ3n) is 10.6. The second kappa shape index (κ2) is 23.1. The van der Waals surface area contributed by atoms with Crippen molar-refractivity contribution in [1.29, 1.82) is 0 Å². The fourth-order valence-corrected chi connectivity index (χ4v) is 9.81. The van der Waals surface area contributed by atoms with E-state index in [0.29, 0.717) is 34.6 Å². The number of imide groups is 1. The van der Waals surface area contributed by atoms with Crippen molar-refractivity contribution >= 4 is 94.1 Å². The van der Waals surface area contributed by atoms with Gasteiger partial charge < -0.3 is 46.6 Å². The van der Waals surface area contributed by atoms with Crippen LogP contribution in [0.25, 0.3) is 10.4 Å². The van der Waals surface area contributed by atoms with Crippen LogP contribution in [0.5, 0.6) is 5.75 Å². The first-order valence-electron chi connectivity index (χ1n) is 20.9. The van der Waals surface area contributed by atoms with E-state index in [1.807, 2.05) is 48.5 Å². The van der Waals surface area contributed by atoms with Crippen molar-refractivity contribution in [2.24, 2.45) is 11.6 Å². The lowest BCUT2D eigenvalue weighted by Gasteiger charge is -2.32. The summed E-state index contributed by atoms with van der Waals surface area (Å²) >= 11 is 9.42. The highest BCUT2D eigenvalue weighted by molar-refractivity contribution is 7.96. The number of anilines is 3. The molecule has 0 radical (unpaired) electrons. The molecule has 1 saturated heterocycles. The summed E-state index contributed by atoms with van der Waals surface area (Å²) in [5, 5.41) is 22.6. The average Bonchev–Trinajstić information content (AvgIpc) is 3.77. The number of hydrazine groups is 1. The molecule has 0 bridgehead atoms. The van der Waals surface area contributed by atoms with Gasteiger partial charge in [0.25, 0.3) is 11.8 Å². The van der Waals surface area contributed by atoms with Crippen molar-refractivity contribution in [3.8, 4) is 16.2 Å². The maximum absolute atomic E-state index is 13.5. The lowest BCUT2D eigenvalue weighted by Crippen LogP contribution is -2.48. The minimum atomic E-state index is -1.17. The molecule has 4 aromatic rings. The fourth-order valence-electron chi connectivity index (χ4n) is 7.44. The third kappa shape index (κ3) is 12.5. The van der Waals surface area contributed by atoms with E-state index in [1.54, 1.807) is 24.1 Å². The van der Waals surface area contributed by atoms with E-state index < -0.39 is 36.3 Å². The van der Waals surface area contributed by atoms with Gasteiger partial charge in [-0.15, -0.1) is 11.3 Å². The number of likely N-dealkylation sites (N-methyl/N-ethyl adjacent to an activating group) is 1. The number of nitrogens with one attached hydrogen (secondary N) is 4. The number of amides is 4. The molecule has 2 aliphatic heterocycles. The number of carbonyl (C=O) groups is 7. The number of carboxylic acid groups (broad SMARTS) is 1. The van der Waals surface area contributed by atoms with Gasteiger partial charge in [-0.3, -0.25) is 33.2 Å². The molecule has 3 aromatic carbocycles. The van der Waals surface area contributed by atoms with Crippen LogP contribution >= 0.6 is 34.9 Å². The summed E-state index contributed by atoms with van der Waals surface area (Å²) in [5.74, 6) is 3.67. The van der Waals surface area contributed by atoms with E-state index in [1.165, 1.54) is 24.3 Å². The number of halogens is 1. The number of carbonyl (C=O) groups excluding carboxylic acids is 6. The molecule has 1 fully saturated rings. The van der Waals surface area contributed by atoms with Gasteiger partial charge in [0.1, 0.15) is 22.2 Å². The Kier molecular flexibility index (Phi) is 17.2. The van der Waals surface area contributed by atoms with Crippen molar-refractivity contribution in [2.75, 3.05) is 55.8 Å². The smallest absolute Gasteiger partial charge is 0.341 e. The summed E-state index contributed by atoms with van der Waals surface area (Å²) in [6.45, 7) is 1.33. The van der Waals surface area contributed by atoms with Gasteiger partial charge in [-0.05, 0) is 66.8 Å². The molecule has 3 heterocycles. The summed E-state index contributed by atoms with van der Waals surface area (Å²) in [5.41, 5.74) is 10.5. The van der Waals surface area contributed by atoms with E-state index in [9.17, 15) is 33.6 Å². The van der Waals surface area contributed by atoms with E-state index >= 15 is 0 Å². The maximum Gasteiger partial charge on any atom is 0.341 e. The van der Waals surface area contributed by atoms with Crippen LogP contribution in [-0.4, -0.2) is 113 Å². The van der Waals surface area contributed by atoms with Gasteiger partial charge in [-0.2, -0.15) is 0 Å². The highest BCUT2D eigenvalue weighted by atomic mass is 35.5. The van der Waals surface area contributed by atoms with E-state index in [4.69, 9.17) is 33.0 Å². The van der Waals surface area contributed by atoms with Crippen molar-refractivity contribution in [3.63, 3.8) is 0 Å². The van der Waals surface area contributed by atoms with Crippen LogP contribution < -0.4 is 37.6 Å². The van der Waals surface area contributed by atoms with E-state index in [0.717, 1.165) is 59.0 Å². The Morgan fingerprint density at radius 3 is 2.52 bits per heavy atom. The number of fused-ring (bicyclic) bond motifs is 1. The Hall–Kier alpha value is -6.45. The largest absolute Gasteiger partial charge is 0.479 e. The number of benzene rings is 3. The minimum Gasteiger partial charge on any atom is -0.479 e. The Morgan fingerprint density at radius 2 is 1.79 bits per heavy atom. The monoisotopic (exact) mass is 959 g/mol. The number of nitrogens with two attached hydrogens (primary N) is 2. The summed E-state index contributed by atoms with van der Waals surface area (Å²) < 4.78 is 7.63. The highest BCUT2D eigenvalue weighted by Crippen LogP contribution is 2.45. The summed E-state index contributed by atoms with van der Waals surface area (Å²) in [7, 11) is 1.39. The summed E-state index contributed by atoms with van der Waals surface area (Å²) in [6.07, 6.45) is 4.58. The average molecular weight is 961 g/mol. The van der Waals surface area contributed by atoms with Crippen LogP contribution in [0.4, 0.5) is 17.1 Å². The van der Waals surface area contributed by atoms with Crippen molar-refractivity contribution < 1.29 is 43.4 Å². The number of hydrogen-bond donors (Lipinski definition) is 7. The van der Waals surface area contributed by atoms with Gasteiger partial charge in [-0.25, -0.2) is 10.6 Å². The molecule has 4 amide bonds. The van der Waals surface area contributed by atoms with Gasteiger partial charge in [0, 0.05) is 80.3 Å². The number of aliphatic carboxylic acids is 1. The zero-order valence-corrected chi connectivity index (χ0v) is 38.3. The van der Waals surface area contributed by atoms with Gasteiger partial charge in [0.15, 0.2) is 18.6 Å². The fraction of sp³-hybridized carbons (Fsp3) is 0.311. The lowest BCUT2D eigenvalue weighted by molar-refractivity contribution is -0.139. The number of piperidine rings is 1. The first-order chi connectivity index (χ1) is 31.8. The molecule has 0 saturated carbocycles. The molecule has 18 nitrogen and oxygen atoms in total. The number of thiophene rings is 1. The minimum absolute atomic E-state index is 0.00811. The lowest BCUT2D eigenvalue weighted by atomic mass is 10.1. The number of aldehydes is 2. The molecule has 21 heteroatoms. The SMILES string of the molecule is CNC(=O)C(CCC=O)N1C(=O)c2cccc(NC/C(N)=C/N(N)CCC(=O)Nc3cccc(CSN4CCC(Nc5cccc(-c6sc(C=O)c(OCC(=O)O)c6Cl)c5)CC4)c3)c2C1=O. The molecule has 348 valence electrons. The summed E-state index contributed by atoms with van der Waals surface area (Å²) in [4.78, 5) is 87.6. The second-order valence-electron chi connectivity index (χ2n) is 15.3. The Morgan fingerprint density at radius 1 is 1.05 bits per heavy atom. The Bertz CT molecular complexity index is 2500. The van der Waals surface area contributed by atoms with Crippen LogP contribution in [0, 0.1) is 0 Å². The first kappa shape index (κ1) is 49.0. The van der Waals surface area contributed by atoms with Crippen LogP contribution in [0.3, 0.4) is 0 Å². The predicted octanol–water partition coefficient (Wildman–Crippen LogP) is 5.18. The first-order valence-corrected chi connectivity index (χ1v) is 23.1. The Labute approximate surface area is 394 Å². The van der Waals surface area contributed by atoms with Gasteiger partial charge in [-0.1, -0.05) is 53.9 Å². The Balaban J connectivity index is 0.924. The van der Waals surface area contributed by atoms with Crippen LogP contribution in [-0.2, 0) is 24.9 Å². The van der Waals surface area contributed by atoms with Gasteiger partial charge >= 0.3 is 5.97 Å². The van der Waals surface area contributed by atoms with Crippen molar-refractivity contribution in [1.82, 2.24) is 19.5 Å². The standard InChI is InChI=1S/C45H50ClN9O9S2/c1-49-43(61)35(12-5-19-56)55-44(62)33-10-4-11-34(39(33)45(55)63)50-22-29(47)23-53(48)16-15-37(58)52-31-8-2-6-27(20-31)26-65-54-17-13-30(14-18-54)51-32-9-3-7-28(21-32)42-40(46)41(36(24-57)66-42)64-25-38(59)60/h2-4,6-11,19-21,23-24,30,35,50-51H,5,12-18,22,25-26,47-48H2,1H3,(H,49,61)(H,52,58)(H,59,60)/b29-23-. The van der Waals surface area contributed by atoms with Crippen LogP contribution in [0.15, 0.2) is 78.6 Å². The summed E-state index contributed by atoms with van der Waals surface area (Å²) in [6, 6.07) is 19.2. The highest BCUT2D eigenvalue weighted by Gasteiger charge is 2.43. The third-order valence-corrected chi connectivity index (χ3v) is 13.4. The van der Waals surface area contributed by atoms with Gasteiger partial charge in [0.2, 0.25) is 11.8 Å². The van der Waals surface area contributed by atoms with E-state index in [2.05, 4.69) is 25.6 Å². The zero-order chi connectivity index (χ0) is 47.3. The molecule has 1 aromatic heterocycles. The van der Waals surface area contributed by atoms with Crippen LogP contribution in [0.1, 0.15) is 68.1 Å². The molecule has 1 unspecified atom stereocenters. The topological polar surface area (TPSA) is 259 Å². The molecule has 2 aliphatic rings. The molecule has 66 heavy (non-hydrogen) atoms. The molecule has 6 rings (SSSR count). The number of ether oxygens (including phenoxy) is 1. The quantitative estimate of drug-likeness (QED) is 0.0166. The number of hydrogen-bond acceptors (Lipinski definition) is 16. The van der Waals surface area contributed by atoms with Crippen LogP contribution in [0.2, 0.25) is 5.02 Å². The predicted molar refractivity (Wildman–Crippen MR) is 254 cm³/mol. The second-order valence-corrected chi connectivity index (χ2v) is 17.8. The maximum atomic E-state index is 13.5. The van der Waals surface area contributed by atoms with Crippen molar-refractivity contribution in [2.45, 2.75) is 49.9 Å². The number of rotatable bonds is 23. The molecule has 9 N–H and O–H groups in total. The van der Waals surface area contributed by atoms with Crippen molar-refractivity contribution in [3.05, 3.63) is 105 Å². The molecular formula is C45H50ClN9O9S2. The normalized spacial score (nSPS) is 14.6. The number of nitrogens with zero attached hydrogens (tertiary/aromatic N) is 3. The van der Waals surface area contributed by atoms with E-state index in [-0.39, 0.29) is 76.8 Å². The number of carboxylic acids is 1. The molecule has 1 atom stereocenters. The molecular weight excluding hydrogens is 910 g/mol. The zero-order valence-electron chi connectivity index (χ0n) is 35.9. The van der Waals surface area contributed by atoms with Gasteiger partial charge in [0.05, 0.1) is 22.5 Å². The molecule has 0 aliphatic carbocycles. The molecule has 0 spiro atoms.